The second kappa shape index (κ2) is 4.34. The number of hydrogen-bond donors (Lipinski definition) is 1. The average molecular weight is 325 g/mol. The van der Waals surface area contributed by atoms with Crippen LogP contribution in [0.4, 0.5) is 4.39 Å². The van der Waals surface area contributed by atoms with Crippen molar-refractivity contribution in [1.29, 1.82) is 0 Å². The van der Waals surface area contributed by atoms with Crippen LogP contribution in [-0.4, -0.2) is 15.0 Å². The van der Waals surface area contributed by atoms with Crippen LogP contribution in [0, 0.1) is 6.58 Å². The topological polar surface area (TPSA) is 37.3 Å². The summed E-state index contributed by atoms with van der Waals surface area (Å²) in [6, 6.07) is 0. The summed E-state index contributed by atoms with van der Waals surface area (Å²) in [5, 5.41) is 8.24. The molecule has 0 spiro atoms. The zero-order valence-electron chi connectivity index (χ0n) is 5.80. The summed E-state index contributed by atoms with van der Waals surface area (Å²) < 4.78 is 13.1. The number of carboxylic acids is 1. The molecule has 0 aliphatic carbocycles. The van der Waals surface area contributed by atoms with E-state index < -0.39 is 17.4 Å². The third-order valence-corrected chi connectivity index (χ3v) is 1.57. The Kier molecular flexibility index (Phi) is 4.12. The standard InChI is InChI=1S/C7H6FO2.W/c1-3-6(8)4-5(2)7(9)10;/h2,4H,1H3,(H,9,10);/q-1;/b6-4+;. The SMILES string of the molecule is [CH-]=C(/C=C(/F)[C](C)=[W])C(=O)O. The Bertz CT molecular complexity index is 243. The van der Waals surface area contributed by atoms with Crippen LogP contribution >= 0.6 is 0 Å². The summed E-state index contributed by atoms with van der Waals surface area (Å²) in [5.74, 6) is -1.88. The molecule has 0 unspecified atom stereocenters. The quantitative estimate of drug-likeness (QED) is 0.478. The second-order valence-electron chi connectivity index (χ2n) is 1.81. The molecule has 60 valence electrons. The molecule has 0 heterocycles. The van der Waals surface area contributed by atoms with Crippen LogP contribution in [0.15, 0.2) is 17.5 Å². The molecule has 2 nitrogen and oxygen atoms in total. The number of aliphatic carboxylic acids is 1. The molecule has 0 amide bonds. The number of halogens is 1. The molecular formula is C7H6FO2W-. The summed E-state index contributed by atoms with van der Waals surface area (Å²) in [5.41, 5.74) is -0.483. The van der Waals surface area contributed by atoms with Crippen LogP contribution in [0.5, 0.6) is 0 Å². The van der Waals surface area contributed by atoms with Gasteiger partial charge in [0, 0.05) is 0 Å². The summed E-state index contributed by atoms with van der Waals surface area (Å²) in [6.45, 7) is 6.52. The molecule has 0 aromatic rings. The molecule has 1 N–H and O–H groups in total. The van der Waals surface area contributed by atoms with E-state index >= 15 is 0 Å². The van der Waals surface area contributed by atoms with Gasteiger partial charge in [0.25, 0.3) is 0 Å². The van der Waals surface area contributed by atoms with Crippen molar-refractivity contribution in [2.24, 2.45) is 0 Å². The normalized spacial score (nSPS) is 10.9. The monoisotopic (exact) mass is 325 g/mol. The third kappa shape index (κ3) is 3.99. The zero-order valence-corrected chi connectivity index (χ0v) is 8.73. The Morgan fingerprint density at radius 3 is 2.45 bits per heavy atom. The van der Waals surface area contributed by atoms with E-state index in [1.807, 2.05) is 0 Å². The van der Waals surface area contributed by atoms with Gasteiger partial charge in [-0.3, -0.25) is 0 Å². The fourth-order valence-corrected chi connectivity index (χ4v) is 0.512. The first kappa shape index (κ1) is 10.4. The minimum atomic E-state index is -1.31. The Hall–Kier alpha value is -0.562. The third-order valence-electron chi connectivity index (χ3n) is 0.866. The van der Waals surface area contributed by atoms with E-state index in [0.29, 0.717) is 3.90 Å². The molecule has 0 radical (unpaired) electrons. The summed E-state index contributed by atoms with van der Waals surface area (Å²) in [7, 11) is 0. The minimum absolute atomic E-state index is 0.481. The Labute approximate surface area is 74.8 Å². The van der Waals surface area contributed by atoms with Crippen LogP contribution < -0.4 is 0 Å². The molecule has 0 aliphatic rings. The van der Waals surface area contributed by atoms with Crippen LogP contribution in [0.3, 0.4) is 0 Å². The van der Waals surface area contributed by atoms with E-state index in [1.54, 1.807) is 6.92 Å². The molecule has 0 saturated carbocycles. The zero-order chi connectivity index (χ0) is 9.02. The van der Waals surface area contributed by atoms with Gasteiger partial charge in [0.2, 0.25) is 0 Å². The van der Waals surface area contributed by atoms with E-state index in [9.17, 15) is 9.18 Å². The van der Waals surface area contributed by atoms with Crippen molar-refractivity contribution in [3.05, 3.63) is 24.1 Å². The number of hydrogen-bond acceptors (Lipinski definition) is 1. The fourth-order valence-electron chi connectivity index (χ4n) is 0.300. The molecule has 0 aliphatic heterocycles. The fraction of sp³-hybridized carbons (Fsp3) is 0.143. The van der Waals surface area contributed by atoms with Gasteiger partial charge in [0.1, 0.15) is 0 Å². The maximum absolute atomic E-state index is 12.6. The molecule has 0 saturated heterocycles. The molecule has 11 heavy (non-hydrogen) atoms. The molecule has 0 fully saturated rings. The molecular weight excluding hydrogens is 319 g/mol. The van der Waals surface area contributed by atoms with Gasteiger partial charge in [-0.1, -0.05) is 0 Å². The van der Waals surface area contributed by atoms with Crippen LogP contribution in [-0.2, 0) is 24.1 Å². The molecule has 0 rings (SSSR count). The van der Waals surface area contributed by atoms with Crippen LogP contribution in [0.25, 0.3) is 0 Å². The number of carboxylic acid groups (broad SMARTS) is 1. The molecule has 4 heteroatoms. The number of carbonyl (C=O) groups is 1. The Morgan fingerprint density at radius 1 is 1.73 bits per heavy atom. The van der Waals surface area contributed by atoms with E-state index in [-0.39, 0.29) is 0 Å². The number of rotatable bonds is 3. The van der Waals surface area contributed by atoms with Crippen molar-refractivity contribution >= 4 is 9.87 Å². The molecule has 0 aromatic carbocycles. The summed E-state index contributed by atoms with van der Waals surface area (Å²) in [6.07, 6.45) is 0.810. The predicted molar refractivity (Wildman–Crippen MR) is 35.3 cm³/mol. The first-order chi connectivity index (χ1) is 4.95. The van der Waals surface area contributed by atoms with E-state index in [2.05, 4.69) is 0 Å². The van der Waals surface area contributed by atoms with Gasteiger partial charge in [-0.2, -0.15) is 0 Å². The van der Waals surface area contributed by atoms with Crippen LogP contribution in [0.1, 0.15) is 6.92 Å². The van der Waals surface area contributed by atoms with Crippen molar-refractivity contribution in [2.75, 3.05) is 0 Å². The van der Waals surface area contributed by atoms with Gasteiger partial charge < -0.3 is 0 Å². The maximum atomic E-state index is 12.6. The van der Waals surface area contributed by atoms with Gasteiger partial charge in [-0.25, -0.2) is 0 Å². The van der Waals surface area contributed by atoms with Crippen molar-refractivity contribution < 1.29 is 33.6 Å². The van der Waals surface area contributed by atoms with Gasteiger partial charge >= 0.3 is 74.5 Å². The van der Waals surface area contributed by atoms with E-state index in [1.165, 1.54) is 0 Å². The molecule has 0 aromatic heterocycles. The van der Waals surface area contributed by atoms with Gasteiger partial charge in [-0.05, 0) is 0 Å². The number of allylic oxidation sites excluding steroid dienone is 1. The molecule has 0 bridgehead atoms. The Morgan fingerprint density at radius 2 is 2.18 bits per heavy atom. The second-order valence-corrected chi connectivity index (χ2v) is 4.01. The first-order valence-electron chi connectivity index (χ1n) is 2.69. The van der Waals surface area contributed by atoms with Crippen molar-refractivity contribution in [3.63, 3.8) is 0 Å². The Balaban J connectivity index is 4.44. The molecule has 0 atom stereocenters. The van der Waals surface area contributed by atoms with Gasteiger partial charge in [-0.15, -0.1) is 0 Å². The first-order valence-corrected chi connectivity index (χ1v) is 4.15. The predicted octanol–water partition coefficient (Wildman–Crippen LogP) is 1.02. The van der Waals surface area contributed by atoms with Crippen LogP contribution in [0.2, 0.25) is 0 Å². The average Bonchev–Trinajstić information content (AvgIpc) is 1.87. The van der Waals surface area contributed by atoms with E-state index in [4.69, 9.17) is 11.7 Å². The van der Waals surface area contributed by atoms with E-state index in [0.717, 1.165) is 25.4 Å². The van der Waals surface area contributed by atoms with Gasteiger partial charge in [0.05, 0.1) is 0 Å². The van der Waals surface area contributed by atoms with Crippen molar-refractivity contribution in [3.8, 4) is 0 Å². The summed E-state index contributed by atoms with van der Waals surface area (Å²) >= 11 is 0.951. The van der Waals surface area contributed by atoms with Crippen molar-refractivity contribution in [1.82, 2.24) is 0 Å². The van der Waals surface area contributed by atoms with Gasteiger partial charge in [0.15, 0.2) is 0 Å². The summed E-state index contributed by atoms with van der Waals surface area (Å²) in [4.78, 5) is 10.1. The van der Waals surface area contributed by atoms with Crippen molar-refractivity contribution in [2.45, 2.75) is 6.92 Å².